The fourth-order valence-corrected chi connectivity index (χ4v) is 4.38. The van der Waals surface area contributed by atoms with Crippen LogP contribution in [0.25, 0.3) is 10.9 Å². The molecule has 1 atom stereocenters. The standard InChI is InChI=1S/C21H26F2N4O3/c1-21(2,25-3)10-6-7-26(8-10)18-14(22)16(24)13-17(15(18)23)27(11-4-5-11)9-12(19(13)28)20(29)30/h9-11,25H,4-8,24H2,1-3H3,(H,29,30). The number of hydrogen-bond donors (Lipinski definition) is 3. The van der Waals surface area contributed by atoms with Gasteiger partial charge in [-0.2, -0.15) is 0 Å². The molecule has 0 spiro atoms. The summed E-state index contributed by atoms with van der Waals surface area (Å²) in [6.07, 6.45) is 3.36. The number of aromatic nitrogens is 1. The molecule has 1 aliphatic heterocycles. The lowest BCUT2D eigenvalue weighted by Gasteiger charge is -2.32. The maximum absolute atomic E-state index is 15.8. The van der Waals surface area contributed by atoms with Crippen LogP contribution < -0.4 is 21.4 Å². The van der Waals surface area contributed by atoms with Gasteiger partial charge in [-0.15, -0.1) is 0 Å². The molecule has 2 fully saturated rings. The van der Waals surface area contributed by atoms with Gasteiger partial charge >= 0.3 is 5.97 Å². The van der Waals surface area contributed by atoms with E-state index in [0.717, 1.165) is 25.5 Å². The fraction of sp³-hybridized carbons (Fsp3) is 0.524. The predicted octanol–water partition coefficient (Wildman–Crippen LogP) is 2.72. The monoisotopic (exact) mass is 420 g/mol. The van der Waals surface area contributed by atoms with Crippen molar-refractivity contribution in [3.8, 4) is 0 Å². The number of halogens is 2. The molecule has 1 unspecified atom stereocenters. The van der Waals surface area contributed by atoms with Crippen LogP contribution in [-0.2, 0) is 0 Å². The average molecular weight is 420 g/mol. The van der Waals surface area contributed by atoms with E-state index in [9.17, 15) is 14.7 Å². The summed E-state index contributed by atoms with van der Waals surface area (Å²) < 4.78 is 32.5. The van der Waals surface area contributed by atoms with E-state index in [1.807, 2.05) is 20.9 Å². The molecular formula is C21H26F2N4O3. The molecule has 4 rings (SSSR count). The average Bonchev–Trinajstić information content (AvgIpc) is 3.42. The minimum absolute atomic E-state index is 0.113. The smallest absolute Gasteiger partial charge is 0.341 e. The van der Waals surface area contributed by atoms with Gasteiger partial charge in [0.15, 0.2) is 11.6 Å². The second kappa shape index (κ2) is 6.94. The number of carboxylic acid groups (broad SMARTS) is 1. The van der Waals surface area contributed by atoms with Gasteiger partial charge in [-0.3, -0.25) is 4.79 Å². The number of rotatable bonds is 5. The second-order valence-corrected chi connectivity index (χ2v) is 8.83. The van der Waals surface area contributed by atoms with E-state index in [2.05, 4.69) is 5.32 Å². The van der Waals surface area contributed by atoms with Gasteiger partial charge in [0.1, 0.15) is 11.3 Å². The number of nitrogens with zero attached hydrogens (tertiary/aromatic N) is 2. The van der Waals surface area contributed by atoms with E-state index in [-0.39, 0.29) is 28.7 Å². The van der Waals surface area contributed by atoms with Crippen molar-refractivity contribution in [1.29, 1.82) is 0 Å². The van der Waals surface area contributed by atoms with Crippen LogP contribution >= 0.6 is 0 Å². The number of aromatic carboxylic acids is 1. The number of carboxylic acids is 1. The van der Waals surface area contributed by atoms with Crippen molar-refractivity contribution in [1.82, 2.24) is 9.88 Å². The predicted molar refractivity (Wildman–Crippen MR) is 111 cm³/mol. The van der Waals surface area contributed by atoms with Crippen molar-refractivity contribution in [2.45, 2.75) is 44.7 Å². The van der Waals surface area contributed by atoms with E-state index in [1.54, 1.807) is 4.90 Å². The van der Waals surface area contributed by atoms with Crippen LogP contribution in [0.5, 0.6) is 0 Å². The number of hydrogen-bond acceptors (Lipinski definition) is 5. The first-order valence-corrected chi connectivity index (χ1v) is 10.1. The quantitative estimate of drug-likeness (QED) is 0.643. The molecule has 4 N–H and O–H groups in total. The van der Waals surface area contributed by atoms with E-state index in [1.165, 1.54) is 4.57 Å². The highest BCUT2D eigenvalue weighted by molar-refractivity contribution is 5.99. The summed E-state index contributed by atoms with van der Waals surface area (Å²) in [5.41, 5.74) is 3.40. The van der Waals surface area contributed by atoms with Crippen LogP contribution in [0.15, 0.2) is 11.0 Å². The Balaban J connectivity index is 1.94. The number of nitrogens with two attached hydrogens (primary N) is 1. The summed E-state index contributed by atoms with van der Waals surface area (Å²) in [7, 11) is 1.85. The highest BCUT2D eigenvalue weighted by atomic mass is 19.1. The third-order valence-electron chi connectivity index (χ3n) is 6.70. The molecule has 2 heterocycles. The highest BCUT2D eigenvalue weighted by Crippen LogP contribution is 2.43. The zero-order valence-electron chi connectivity index (χ0n) is 17.3. The Labute approximate surface area is 172 Å². The third kappa shape index (κ3) is 3.03. The summed E-state index contributed by atoms with van der Waals surface area (Å²) in [6.45, 7) is 4.98. The molecule has 2 aliphatic rings. The summed E-state index contributed by atoms with van der Waals surface area (Å²) >= 11 is 0. The van der Waals surface area contributed by atoms with Gasteiger partial charge in [-0.25, -0.2) is 13.6 Å². The van der Waals surface area contributed by atoms with Crippen molar-refractivity contribution >= 4 is 28.2 Å². The van der Waals surface area contributed by atoms with Crippen molar-refractivity contribution in [2.24, 2.45) is 5.92 Å². The molecule has 7 nitrogen and oxygen atoms in total. The summed E-state index contributed by atoms with van der Waals surface area (Å²) in [5.74, 6) is -3.15. The topological polar surface area (TPSA) is 101 Å². The molecule has 1 saturated carbocycles. The van der Waals surface area contributed by atoms with Gasteiger partial charge in [0, 0.05) is 30.9 Å². The first kappa shape index (κ1) is 20.6. The number of carbonyl (C=O) groups is 1. The van der Waals surface area contributed by atoms with Gasteiger partial charge < -0.3 is 25.6 Å². The van der Waals surface area contributed by atoms with E-state index < -0.39 is 39.7 Å². The van der Waals surface area contributed by atoms with E-state index in [4.69, 9.17) is 5.73 Å². The Morgan fingerprint density at radius 3 is 2.50 bits per heavy atom. The van der Waals surface area contributed by atoms with Crippen LogP contribution in [0.3, 0.4) is 0 Å². The molecule has 30 heavy (non-hydrogen) atoms. The lowest BCUT2D eigenvalue weighted by molar-refractivity contribution is 0.0695. The van der Waals surface area contributed by atoms with Crippen molar-refractivity contribution in [2.75, 3.05) is 30.8 Å². The summed E-state index contributed by atoms with van der Waals surface area (Å²) in [4.78, 5) is 25.9. The Bertz CT molecular complexity index is 1110. The van der Waals surface area contributed by atoms with Gasteiger partial charge in [-0.1, -0.05) is 0 Å². The third-order valence-corrected chi connectivity index (χ3v) is 6.70. The molecule has 2 aromatic rings. The fourth-order valence-electron chi connectivity index (χ4n) is 4.38. The second-order valence-electron chi connectivity index (χ2n) is 8.83. The Kier molecular flexibility index (Phi) is 4.76. The summed E-state index contributed by atoms with van der Waals surface area (Å²) in [6, 6.07) is -0.132. The minimum atomic E-state index is -1.45. The Hall–Kier alpha value is -2.68. The minimum Gasteiger partial charge on any atom is -0.477 e. The lowest BCUT2D eigenvalue weighted by Crippen LogP contribution is -2.45. The molecule has 162 valence electrons. The molecule has 1 aromatic carbocycles. The first-order valence-electron chi connectivity index (χ1n) is 10.1. The molecule has 1 saturated heterocycles. The molecule has 1 aromatic heterocycles. The van der Waals surface area contributed by atoms with E-state index in [0.29, 0.717) is 13.1 Å². The number of benzene rings is 1. The number of nitrogen functional groups attached to an aromatic ring is 1. The maximum atomic E-state index is 15.8. The largest absolute Gasteiger partial charge is 0.477 e. The zero-order chi connectivity index (χ0) is 22.0. The Morgan fingerprint density at radius 2 is 1.93 bits per heavy atom. The highest BCUT2D eigenvalue weighted by Gasteiger charge is 2.38. The molecule has 0 radical (unpaired) electrons. The number of anilines is 2. The SMILES string of the molecule is CNC(C)(C)C1CCN(c2c(F)c(N)c3c(=O)c(C(=O)O)cn(C4CC4)c3c2F)C1. The van der Waals surface area contributed by atoms with Crippen LogP contribution in [0.4, 0.5) is 20.2 Å². The van der Waals surface area contributed by atoms with Gasteiger partial charge in [0.2, 0.25) is 5.43 Å². The molecule has 0 amide bonds. The van der Waals surface area contributed by atoms with Gasteiger partial charge in [0.25, 0.3) is 0 Å². The van der Waals surface area contributed by atoms with Gasteiger partial charge in [-0.05, 0) is 46.1 Å². The molecule has 0 bridgehead atoms. The van der Waals surface area contributed by atoms with Crippen molar-refractivity contribution in [3.05, 3.63) is 33.6 Å². The number of pyridine rings is 1. The van der Waals surface area contributed by atoms with Crippen molar-refractivity contribution in [3.63, 3.8) is 0 Å². The molecule has 9 heteroatoms. The van der Waals surface area contributed by atoms with Gasteiger partial charge in [0.05, 0.1) is 16.6 Å². The van der Waals surface area contributed by atoms with Crippen molar-refractivity contribution < 1.29 is 18.7 Å². The Morgan fingerprint density at radius 1 is 1.27 bits per heavy atom. The lowest BCUT2D eigenvalue weighted by atomic mass is 9.87. The zero-order valence-corrected chi connectivity index (χ0v) is 17.3. The van der Waals surface area contributed by atoms with E-state index >= 15 is 8.78 Å². The summed E-state index contributed by atoms with van der Waals surface area (Å²) in [5, 5.41) is 12.2. The van der Waals surface area contributed by atoms with Crippen LogP contribution in [0, 0.1) is 17.6 Å². The molecule has 1 aliphatic carbocycles. The van der Waals surface area contributed by atoms with Crippen LogP contribution in [-0.4, -0.2) is 41.3 Å². The molecular weight excluding hydrogens is 394 g/mol. The number of nitrogens with one attached hydrogen (secondary N) is 1. The normalized spacial score (nSPS) is 19.6. The number of fused-ring (bicyclic) bond motifs is 1. The first-order chi connectivity index (χ1) is 14.1. The maximum Gasteiger partial charge on any atom is 0.341 e. The van der Waals surface area contributed by atoms with Crippen LogP contribution in [0.2, 0.25) is 0 Å². The van der Waals surface area contributed by atoms with Crippen LogP contribution in [0.1, 0.15) is 49.5 Å².